The Labute approximate surface area is 115 Å². The van der Waals surface area contributed by atoms with Gasteiger partial charge in [0, 0.05) is 5.69 Å². The first-order valence-electron chi connectivity index (χ1n) is 5.79. The number of aromatic nitrogens is 1. The van der Waals surface area contributed by atoms with E-state index in [0.29, 0.717) is 14.8 Å². The van der Waals surface area contributed by atoms with Gasteiger partial charge in [0.15, 0.2) is 0 Å². The van der Waals surface area contributed by atoms with E-state index in [1.165, 1.54) is 12.8 Å². The zero-order valence-corrected chi connectivity index (χ0v) is 11.6. The van der Waals surface area contributed by atoms with Crippen LogP contribution in [0.5, 0.6) is 0 Å². The summed E-state index contributed by atoms with van der Waals surface area (Å²) >= 11 is 2.05. The Hall–Kier alpha value is -1.14. The minimum atomic E-state index is 0.451. The van der Waals surface area contributed by atoms with Crippen LogP contribution in [0.2, 0.25) is 0 Å². The topological polar surface area (TPSA) is 60.5 Å². The van der Waals surface area contributed by atoms with Gasteiger partial charge in [0.1, 0.15) is 21.4 Å². The molecule has 0 spiro atoms. The third-order valence-corrected chi connectivity index (χ3v) is 3.93. The van der Waals surface area contributed by atoms with Gasteiger partial charge >= 0.3 is 0 Å². The van der Waals surface area contributed by atoms with Crippen molar-refractivity contribution in [2.45, 2.75) is 38.5 Å². The first-order chi connectivity index (χ1) is 8.27. The minimum Gasteiger partial charge on any atom is -0.245 e. The van der Waals surface area contributed by atoms with E-state index >= 15 is 0 Å². The van der Waals surface area contributed by atoms with Crippen LogP contribution in [0.15, 0.2) is 0 Å². The van der Waals surface area contributed by atoms with Crippen molar-refractivity contribution in [3.8, 4) is 12.1 Å². The van der Waals surface area contributed by atoms with Crippen molar-refractivity contribution in [1.82, 2.24) is 4.98 Å². The van der Waals surface area contributed by atoms with Crippen LogP contribution in [-0.2, 0) is 12.8 Å². The predicted octanol–water partition coefficient (Wildman–Crippen LogP) is 3.09. The Bertz CT molecular complexity index is 523. The first-order valence-corrected chi connectivity index (χ1v) is 6.87. The number of halogens is 1. The number of aryl methyl sites for hydroxylation is 1. The minimum absolute atomic E-state index is 0.451. The van der Waals surface area contributed by atoms with Crippen LogP contribution in [-0.4, -0.2) is 4.98 Å². The fraction of sp³-hybridized carbons (Fsp3) is 0.462. The number of pyridine rings is 1. The van der Waals surface area contributed by atoms with Crippen LogP contribution in [0, 0.1) is 26.4 Å². The summed E-state index contributed by atoms with van der Waals surface area (Å²) in [5, 5.41) is 18.4. The molecule has 0 saturated carbocycles. The Kier molecular flexibility index (Phi) is 3.96. The van der Waals surface area contributed by atoms with E-state index in [-0.39, 0.29) is 0 Å². The Morgan fingerprint density at radius 1 is 0.941 bits per heavy atom. The van der Waals surface area contributed by atoms with Crippen molar-refractivity contribution >= 4 is 22.6 Å². The van der Waals surface area contributed by atoms with Gasteiger partial charge in [-0.15, -0.1) is 0 Å². The molecule has 1 heterocycles. The molecule has 2 rings (SSSR count). The normalized spacial score (nSPS) is 15.0. The van der Waals surface area contributed by atoms with E-state index in [2.05, 4.69) is 39.7 Å². The molecular weight excluding hydrogens is 325 g/mol. The van der Waals surface area contributed by atoms with Gasteiger partial charge in [-0.1, -0.05) is 12.8 Å². The SMILES string of the molecule is N#Cc1c(I)nc2c(c1C#N)CCCCCC2. The molecule has 1 aliphatic carbocycles. The van der Waals surface area contributed by atoms with Crippen LogP contribution in [0.25, 0.3) is 0 Å². The molecule has 0 atom stereocenters. The van der Waals surface area contributed by atoms with Gasteiger partial charge in [-0.3, -0.25) is 0 Å². The average Bonchev–Trinajstić information content (AvgIpc) is 2.30. The lowest BCUT2D eigenvalue weighted by atomic mass is 9.92. The Morgan fingerprint density at radius 2 is 1.59 bits per heavy atom. The van der Waals surface area contributed by atoms with Gasteiger partial charge in [-0.2, -0.15) is 10.5 Å². The molecule has 1 aromatic heterocycles. The van der Waals surface area contributed by atoms with Crippen LogP contribution in [0.1, 0.15) is 48.1 Å². The molecule has 0 aromatic carbocycles. The maximum atomic E-state index is 9.26. The quantitative estimate of drug-likeness (QED) is 0.540. The highest BCUT2D eigenvalue weighted by molar-refractivity contribution is 14.1. The lowest BCUT2D eigenvalue weighted by molar-refractivity contribution is 0.607. The molecule has 0 unspecified atom stereocenters. The number of rotatable bonds is 0. The molecule has 0 fully saturated rings. The highest BCUT2D eigenvalue weighted by Crippen LogP contribution is 2.26. The summed E-state index contributed by atoms with van der Waals surface area (Å²) in [7, 11) is 0. The maximum absolute atomic E-state index is 9.26. The lowest BCUT2D eigenvalue weighted by Gasteiger charge is -2.15. The van der Waals surface area contributed by atoms with Crippen molar-refractivity contribution in [3.05, 3.63) is 26.1 Å². The molecule has 0 bridgehead atoms. The summed E-state index contributed by atoms with van der Waals surface area (Å²) in [6, 6.07) is 4.30. The highest BCUT2D eigenvalue weighted by atomic mass is 127. The van der Waals surface area contributed by atoms with E-state index < -0.39 is 0 Å². The molecule has 86 valence electrons. The van der Waals surface area contributed by atoms with Crippen molar-refractivity contribution in [1.29, 1.82) is 10.5 Å². The summed E-state index contributed by atoms with van der Waals surface area (Å²) in [4.78, 5) is 4.51. The highest BCUT2D eigenvalue weighted by Gasteiger charge is 2.19. The number of hydrogen-bond acceptors (Lipinski definition) is 3. The lowest BCUT2D eigenvalue weighted by Crippen LogP contribution is -2.09. The van der Waals surface area contributed by atoms with E-state index in [0.717, 1.165) is 36.9 Å². The third-order valence-electron chi connectivity index (χ3n) is 3.15. The van der Waals surface area contributed by atoms with Crippen molar-refractivity contribution in [2.24, 2.45) is 0 Å². The first kappa shape index (κ1) is 12.3. The molecule has 0 aliphatic heterocycles. The van der Waals surface area contributed by atoms with Gasteiger partial charge in [0.05, 0.1) is 5.56 Å². The van der Waals surface area contributed by atoms with Crippen molar-refractivity contribution in [3.63, 3.8) is 0 Å². The van der Waals surface area contributed by atoms with Crippen LogP contribution in [0.4, 0.5) is 0 Å². The molecule has 0 saturated heterocycles. The van der Waals surface area contributed by atoms with E-state index in [4.69, 9.17) is 5.26 Å². The summed E-state index contributed by atoms with van der Waals surface area (Å²) in [6.45, 7) is 0. The monoisotopic (exact) mass is 337 g/mol. The molecule has 3 nitrogen and oxygen atoms in total. The smallest absolute Gasteiger partial charge is 0.120 e. The van der Waals surface area contributed by atoms with Gasteiger partial charge < -0.3 is 0 Å². The standard InChI is InChI=1S/C13H12IN3/c14-13-11(8-16)10(7-15)9-5-3-1-2-4-6-12(9)17-13/h1-6H2. The van der Waals surface area contributed by atoms with Crippen molar-refractivity contribution in [2.75, 3.05) is 0 Å². The summed E-state index contributed by atoms with van der Waals surface area (Å²) in [5.74, 6) is 0. The number of nitrogens with zero attached hydrogens (tertiary/aromatic N) is 3. The summed E-state index contributed by atoms with van der Waals surface area (Å²) < 4.78 is 0.668. The van der Waals surface area contributed by atoms with Crippen LogP contribution in [0.3, 0.4) is 0 Å². The van der Waals surface area contributed by atoms with E-state index in [1.54, 1.807) is 0 Å². The van der Waals surface area contributed by atoms with Gasteiger partial charge in [-0.05, 0) is 53.8 Å². The number of hydrogen-bond donors (Lipinski definition) is 0. The molecule has 1 aliphatic rings. The molecule has 0 N–H and O–H groups in total. The molecule has 1 aromatic rings. The van der Waals surface area contributed by atoms with Crippen molar-refractivity contribution < 1.29 is 0 Å². The van der Waals surface area contributed by atoms with Crippen LogP contribution < -0.4 is 0 Å². The molecule has 4 heteroatoms. The van der Waals surface area contributed by atoms with Gasteiger partial charge in [0.2, 0.25) is 0 Å². The average molecular weight is 337 g/mol. The second-order valence-corrected chi connectivity index (χ2v) is 5.24. The van der Waals surface area contributed by atoms with Gasteiger partial charge in [-0.25, -0.2) is 4.98 Å². The van der Waals surface area contributed by atoms with E-state index in [9.17, 15) is 5.26 Å². The number of fused-ring (bicyclic) bond motifs is 1. The second kappa shape index (κ2) is 5.46. The zero-order chi connectivity index (χ0) is 12.3. The maximum Gasteiger partial charge on any atom is 0.120 e. The number of nitriles is 2. The predicted molar refractivity (Wildman–Crippen MR) is 72.3 cm³/mol. The zero-order valence-electron chi connectivity index (χ0n) is 9.46. The van der Waals surface area contributed by atoms with E-state index in [1.807, 2.05) is 0 Å². The van der Waals surface area contributed by atoms with Crippen LogP contribution >= 0.6 is 22.6 Å². The fourth-order valence-corrected chi connectivity index (χ4v) is 2.97. The summed E-state index contributed by atoms with van der Waals surface area (Å²) in [6.07, 6.45) is 6.49. The third kappa shape index (κ3) is 2.42. The largest absolute Gasteiger partial charge is 0.245 e. The molecule has 0 radical (unpaired) electrons. The molecular formula is C13H12IN3. The summed E-state index contributed by atoms with van der Waals surface area (Å²) in [5.41, 5.74) is 3.06. The Balaban J connectivity index is 2.62. The second-order valence-electron chi connectivity index (χ2n) is 4.22. The Morgan fingerprint density at radius 3 is 2.24 bits per heavy atom. The fourth-order valence-electron chi connectivity index (χ4n) is 2.29. The molecule has 17 heavy (non-hydrogen) atoms. The van der Waals surface area contributed by atoms with Gasteiger partial charge in [0.25, 0.3) is 0 Å². The molecule has 0 amide bonds.